The van der Waals surface area contributed by atoms with Crippen LogP contribution in [0.15, 0.2) is 66.7 Å². The predicted octanol–water partition coefficient (Wildman–Crippen LogP) is 3.92. The molecule has 4 nitrogen and oxygen atoms in total. The maximum Gasteiger partial charge on any atom is 0.326 e. The lowest BCUT2D eigenvalue weighted by Gasteiger charge is -2.15. The Balaban J connectivity index is 1.77. The molecule has 3 aromatic carbocycles. The second-order valence-electron chi connectivity index (χ2n) is 5.76. The van der Waals surface area contributed by atoms with Crippen molar-refractivity contribution in [2.24, 2.45) is 0 Å². The standard InChI is InChI=1S/C20H16ClNO3/c21-17-9-5-13(6-10-17)11-18(20(24)25)22-19(23)16-8-7-14-3-1-2-4-15(14)12-16/h1-10,12,18H,11H2,(H,22,23)(H,24,25)/t18-/m0/s1. The van der Waals surface area contributed by atoms with Crippen LogP contribution in [0.4, 0.5) is 0 Å². The van der Waals surface area contributed by atoms with Gasteiger partial charge in [-0.25, -0.2) is 4.79 Å². The smallest absolute Gasteiger partial charge is 0.326 e. The van der Waals surface area contributed by atoms with Crippen LogP contribution in [0.5, 0.6) is 0 Å². The molecule has 0 aliphatic rings. The van der Waals surface area contributed by atoms with Gasteiger partial charge in [0.25, 0.3) is 5.91 Å². The fraction of sp³-hybridized carbons (Fsp3) is 0.100. The lowest BCUT2D eigenvalue weighted by Crippen LogP contribution is -2.42. The molecule has 0 radical (unpaired) electrons. The van der Waals surface area contributed by atoms with Crippen LogP contribution in [0, 0.1) is 0 Å². The minimum atomic E-state index is -1.08. The number of benzene rings is 3. The first-order valence-corrected chi connectivity index (χ1v) is 8.17. The van der Waals surface area contributed by atoms with E-state index in [4.69, 9.17) is 11.6 Å². The Kier molecular flexibility index (Phi) is 5.00. The largest absolute Gasteiger partial charge is 0.480 e. The summed E-state index contributed by atoms with van der Waals surface area (Å²) in [6, 6.07) is 18.9. The van der Waals surface area contributed by atoms with Gasteiger partial charge in [0.1, 0.15) is 6.04 Å². The SMILES string of the molecule is O=C(N[C@@H](Cc1ccc(Cl)cc1)C(=O)O)c1ccc2ccccc2c1. The van der Waals surface area contributed by atoms with Gasteiger partial charge in [-0.15, -0.1) is 0 Å². The number of carbonyl (C=O) groups is 2. The lowest BCUT2D eigenvalue weighted by molar-refractivity contribution is -0.139. The minimum Gasteiger partial charge on any atom is -0.480 e. The number of carboxylic acid groups (broad SMARTS) is 1. The van der Waals surface area contributed by atoms with Crippen LogP contribution in [-0.4, -0.2) is 23.0 Å². The number of amides is 1. The second-order valence-corrected chi connectivity index (χ2v) is 6.19. The highest BCUT2D eigenvalue weighted by Gasteiger charge is 2.21. The quantitative estimate of drug-likeness (QED) is 0.730. The molecule has 5 heteroatoms. The highest BCUT2D eigenvalue weighted by atomic mass is 35.5. The molecule has 0 aromatic heterocycles. The van der Waals surface area contributed by atoms with E-state index in [2.05, 4.69) is 5.32 Å². The van der Waals surface area contributed by atoms with Crippen molar-refractivity contribution >= 4 is 34.2 Å². The van der Waals surface area contributed by atoms with Gasteiger partial charge < -0.3 is 10.4 Å². The molecular weight excluding hydrogens is 338 g/mol. The van der Waals surface area contributed by atoms with E-state index in [1.165, 1.54) is 0 Å². The third-order valence-electron chi connectivity index (χ3n) is 3.97. The fourth-order valence-corrected chi connectivity index (χ4v) is 2.75. The molecule has 0 spiro atoms. The number of aliphatic carboxylic acids is 1. The monoisotopic (exact) mass is 353 g/mol. The van der Waals surface area contributed by atoms with Gasteiger partial charge in [-0.1, -0.05) is 54.1 Å². The molecule has 25 heavy (non-hydrogen) atoms. The normalized spacial score (nSPS) is 11.9. The summed E-state index contributed by atoms with van der Waals surface area (Å²) >= 11 is 5.84. The fourth-order valence-electron chi connectivity index (χ4n) is 2.63. The van der Waals surface area contributed by atoms with Crippen LogP contribution in [-0.2, 0) is 11.2 Å². The van der Waals surface area contributed by atoms with Gasteiger partial charge in [-0.3, -0.25) is 4.79 Å². The van der Waals surface area contributed by atoms with E-state index in [0.29, 0.717) is 10.6 Å². The van der Waals surface area contributed by atoms with Gasteiger partial charge in [-0.2, -0.15) is 0 Å². The summed E-state index contributed by atoms with van der Waals surface area (Å²) in [5.74, 6) is -1.49. The second kappa shape index (κ2) is 7.36. The van der Waals surface area contributed by atoms with E-state index in [-0.39, 0.29) is 6.42 Å². The number of nitrogens with one attached hydrogen (secondary N) is 1. The highest BCUT2D eigenvalue weighted by molar-refractivity contribution is 6.30. The number of hydrogen-bond donors (Lipinski definition) is 2. The third-order valence-corrected chi connectivity index (χ3v) is 4.22. The summed E-state index contributed by atoms with van der Waals surface area (Å²) in [7, 11) is 0. The van der Waals surface area contributed by atoms with Crippen molar-refractivity contribution in [2.45, 2.75) is 12.5 Å². The number of hydrogen-bond acceptors (Lipinski definition) is 2. The Morgan fingerprint density at radius 2 is 1.64 bits per heavy atom. The zero-order valence-electron chi connectivity index (χ0n) is 13.3. The van der Waals surface area contributed by atoms with Crippen LogP contribution in [0.3, 0.4) is 0 Å². The molecule has 0 unspecified atom stereocenters. The van der Waals surface area contributed by atoms with Crippen molar-refractivity contribution in [3.63, 3.8) is 0 Å². The van der Waals surface area contributed by atoms with Gasteiger partial charge in [-0.05, 0) is 40.6 Å². The van der Waals surface area contributed by atoms with Crippen LogP contribution in [0.25, 0.3) is 10.8 Å². The van der Waals surface area contributed by atoms with E-state index in [1.807, 2.05) is 30.3 Å². The molecule has 126 valence electrons. The Morgan fingerprint density at radius 3 is 2.32 bits per heavy atom. The molecule has 3 rings (SSSR count). The summed E-state index contributed by atoms with van der Waals surface area (Å²) < 4.78 is 0. The molecule has 3 aromatic rings. The molecule has 0 bridgehead atoms. The number of carboxylic acids is 1. The maximum absolute atomic E-state index is 12.5. The number of halogens is 1. The Hall–Kier alpha value is -2.85. The average molecular weight is 354 g/mol. The van der Waals surface area contributed by atoms with Crippen LogP contribution in [0.2, 0.25) is 5.02 Å². The Morgan fingerprint density at radius 1 is 0.960 bits per heavy atom. The molecule has 1 amide bonds. The Bertz CT molecular complexity index is 922. The average Bonchev–Trinajstić information content (AvgIpc) is 2.62. The Labute approximate surface area is 150 Å². The van der Waals surface area contributed by atoms with E-state index >= 15 is 0 Å². The van der Waals surface area contributed by atoms with Crippen molar-refractivity contribution < 1.29 is 14.7 Å². The number of carbonyl (C=O) groups excluding carboxylic acids is 1. The summed E-state index contributed by atoms with van der Waals surface area (Å²) in [4.78, 5) is 24.0. The van der Waals surface area contributed by atoms with Gasteiger partial charge in [0.2, 0.25) is 0 Å². The van der Waals surface area contributed by atoms with Crippen molar-refractivity contribution in [3.05, 3.63) is 82.9 Å². The van der Waals surface area contributed by atoms with Crippen LogP contribution in [0.1, 0.15) is 15.9 Å². The van der Waals surface area contributed by atoms with Gasteiger partial charge in [0.15, 0.2) is 0 Å². The topological polar surface area (TPSA) is 66.4 Å². The number of fused-ring (bicyclic) bond motifs is 1. The molecule has 0 heterocycles. The molecule has 0 saturated carbocycles. The van der Waals surface area contributed by atoms with Crippen LogP contribution < -0.4 is 5.32 Å². The van der Waals surface area contributed by atoms with Gasteiger partial charge in [0, 0.05) is 17.0 Å². The first-order valence-electron chi connectivity index (χ1n) is 7.80. The van der Waals surface area contributed by atoms with Crippen LogP contribution >= 0.6 is 11.6 Å². The molecule has 1 atom stereocenters. The van der Waals surface area contributed by atoms with E-state index in [9.17, 15) is 14.7 Å². The van der Waals surface area contributed by atoms with Crippen molar-refractivity contribution in [1.82, 2.24) is 5.32 Å². The molecule has 2 N–H and O–H groups in total. The third kappa shape index (κ3) is 4.17. The van der Waals surface area contributed by atoms with Crippen molar-refractivity contribution in [1.29, 1.82) is 0 Å². The first kappa shape index (κ1) is 17.0. The minimum absolute atomic E-state index is 0.186. The zero-order chi connectivity index (χ0) is 17.8. The number of rotatable bonds is 5. The summed E-state index contributed by atoms with van der Waals surface area (Å²) in [6.07, 6.45) is 0.186. The first-order chi connectivity index (χ1) is 12.0. The zero-order valence-corrected chi connectivity index (χ0v) is 14.0. The van der Waals surface area contributed by atoms with Crippen molar-refractivity contribution in [2.75, 3.05) is 0 Å². The molecule has 0 aliphatic carbocycles. The predicted molar refractivity (Wildman–Crippen MR) is 98.0 cm³/mol. The summed E-state index contributed by atoms with van der Waals surface area (Å²) in [5.41, 5.74) is 1.22. The lowest BCUT2D eigenvalue weighted by atomic mass is 10.0. The molecular formula is C20H16ClNO3. The van der Waals surface area contributed by atoms with Gasteiger partial charge >= 0.3 is 5.97 Å². The van der Waals surface area contributed by atoms with E-state index in [0.717, 1.165) is 16.3 Å². The molecule has 0 saturated heterocycles. The van der Waals surface area contributed by atoms with Gasteiger partial charge in [0.05, 0.1) is 0 Å². The molecule has 0 aliphatic heterocycles. The summed E-state index contributed by atoms with van der Waals surface area (Å²) in [6.45, 7) is 0. The highest BCUT2D eigenvalue weighted by Crippen LogP contribution is 2.16. The summed E-state index contributed by atoms with van der Waals surface area (Å²) in [5, 5.41) is 14.5. The molecule has 0 fully saturated rings. The maximum atomic E-state index is 12.5. The van der Waals surface area contributed by atoms with E-state index < -0.39 is 17.9 Å². The van der Waals surface area contributed by atoms with E-state index in [1.54, 1.807) is 36.4 Å². The van der Waals surface area contributed by atoms with Crippen molar-refractivity contribution in [3.8, 4) is 0 Å².